The van der Waals surface area contributed by atoms with Crippen molar-refractivity contribution in [2.45, 2.75) is 6.61 Å². The molecule has 104 valence electrons. The molecule has 0 amide bonds. The van der Waals surface area contributed by atoms with Crippen LogP contribution in [0.15, 0.2) is 30.6 Å². The second-order valence-corrected chi connectivity index (χ2v) is 4.05. The summed E-state index contributed by atoms with van der Waals surface area (Å²) in [6.07, 6.45) is 3.32. The molecule has 20 heavy (non-hydrogen) atoms. The summed E-state index contributed by atoms with van der Waals surface area (Å²) in [5.41, 5.74) is 0.224. The molecule has 0 spiro atoms. The third-order valence-corrected chi connectivity index (χ3v) is 2.56. The maximum Gasteiger partial charge on any atom is 0.339 e. The predicted molar refractivity (Wildman–Crippen MR) is 67.6 cm³/mol. The van der Waals surface area contributed by atoms with Crippen LogP contribution in [-0.2, 0) is 13.7 Å². The van der Waals surface area contributed by atoms with Gasteiger partial charge in [-0.3, -0.25) is 14.8 Å². The molecule has 8 heteroatoms. The van der Waals surface area contributed by atoms with E-state index in [4.69, 9.17) is 9.84 Å². The maximum atomic E-state index is 11.1. The lowest BCUT2D eigenvalue weighted by molar-refractivity contribution is -0.384. The van der Waals surface area contributed by atoms with Crippen LogP contribution in [0, 0.1) is 10.1 Å². The van der Waals surface area contributed by atoms with Gasteiger partial charge in [-0.25, -0.2) is 4.79 Å². The number of hydrogen-bond acceptors (Lipinski definition) is 5. The quantitative estimate of drug-likeness (QED) is 0.657. The number of rotatable bonds is 5. The molecule has 2 aromatic rings. The van der Waals surface area contributed by atoms with Crippen molar-refractivity contribution in [1.29, 1.82) is 0 Å². The Labute approximate surface area is 113 Å². The van der Waals surface area contributed by atoms with E-state index >= 15 is 0 Å². The second-order valence-electron chi connectivity index (χ2n) is 4.05. The zero-order chi connectivity index (χ0) is 14.7. The number of aromatic nitrogens is 2. The standard InChI is InChI=1S/C12H11N3O5/c1-14-6-8(5-13-14)7-20-11-3-2-9(15(18)19)4-10(11)12(16)17/h2-6H,7H2,1H3,(H,16,17). The van der Waals surface area contributed by atoms with E-state index < -0.39 is 10.9 Å². The number of carboxylic acid groups (broad SMARTS) is 1. The van der Waals surface area contributed by atoms with Crippen molar-refractivity contribution in [2.24, 2.45) is 7.05 Å². The van der Waals surface area contributed by atoms with Gasteiger partial charge in [0.05, 0.1) is 11.1 Å². The molecule has 0 unspecified atom stereocenters. The molecule has 0 saturated carbocycles. The number of nitro benzene ring substituents is 1. The van der Waals surface area contributed by atoms with Crippen LogP contribution >= 0.6 is 0 Å². The lowest BCUT2D eigenvalue weighted by Crippen LogP contribution is -2.04. The van der Waals surface area contributed by atoms with E-state index in [9.17, 15) is 14.9 Å². The number of carboxylic acids is 1. The molecule has 1 heterocycles. The summed E-state index contributed by atoms with van der Waals surface area (Å²) in [6.45, 7) is 0.131. The van der Waals surface area contributed by atoms with Gasteiger partial charge in [-0.1, -0.05) is 0 Å². The van der Waals surface area contributed by atoms with Gasteiger partial charge in [0.25, 0.3) is 5.69 Å². The average molecular weight is 277 g/mol. The minimum atomic E-state index is -1.28. The van der Waals surface area contributed by atoms with E-state index in [1.54, 1.807) is 24.1 Å². The summed E-state index contributed by atoms with van der Waals surface area (Å²) in [7, 11) is 1.75. The second kappa shape index (κ2) is 5.39. The SMILES string of the molecule is Cn1cc(COc2ccc([N+](=O)[O-])cc2C(=O)O)cn1. The number of aryl methyl sites for hydroxylation is 1. The van der Waals surface area contributed by atoms with Crippen LogP contribution in [0.25, 0.3) is 0 Å². The van der Waals surface area contributed by atoms with Crippen LogP contribution in [0.3, 0.4) is 0 Å². The topological polar surface area (TPSA) is 107 Å². The normalized spacial score (nSPS) is 10.2. The monoisotopic (exact) mass is 277 g/mol. The first-order chi connectivity index (χ1) is 9.47. The van der Waals surface area contributed by atoms with Gasteiger partial charge in [0.15, 0.2) is 0 Å². The molecule has 1 N–H and O–H groups in total. The molecule has 1 aromatic heterocycles. The summed E-state index contributed by atoms with van der Waals surface area (Å²) < 4.78 is 6.97. The molecular formula is C12H11N3O5. The highest BCUT2D eigenvalue weighted by atomic mass is 16.6. The molecule has 8 nitrogen and oxygen atoms in total. The van der Waals surface area contributed by atoms with Gasteiger partial charge in [0, 0.05) is 30.9 Å². The predicted octanol–water partition coefficient (Wildman–Crippen LogP) is 1.61. The van der Waals surface area contributed by atoms with Crippen molar-refractivity contribution in [1.82, 2.24) is 9.78 Å². The summed E-state index contributed by atoms with van der Waals surface area (Å²) in [5, 5.41) is 23.6. The molecule has 0 aliphatic rings. The molecule has 0 radical (unpaired) electrons. The van der Waals surface area contributed by atoms with Crippen molar-refractivity contribution >= 4 is 11.7 Å². The lowest BCUT2D eigenvalue weighted by Gasteiger charge is -2.07. The van der Waals surface area contributed by atoms with Crippen LogP contribution in [0.4, 0.5) is 5.69 Å². The summed E-state index contributed by atoms with van der Waals surface area (Å²) in [4.78, 5) is 21.1. The summed E-state index contributed by atoms with van der Waals surface area (Å²) in [5.74, 6) is -1.21. The zero-order valence-electron chi connectivity index (χ0n) is 10.5. The van der Waals surface area contributed by atoms with E-state index in [0.29, 0.717) is 0 Å². The first kappa shape index (κ1) is 13.5. The third kappa shape index (κ3) is 2.91. The number of ether oxygens (including phenoxy) is 1. The number of nitro groups is 1. The number of aromatic carboxylic acids is 1. The Hall–Kier alpha value is -2.90. The van der Waals surface area contributed by atoms with Crippen LogP contribution in [0.5, 0.6) is 5.75 Å². The molecule has 0 saturated heterocycles. The largest absolute Gasteiger partial charge is 0.488 e. The summed E-state index contributed by atoms with van der Waals surface area (Å²) >= 11 is 0. The number of benzene rings is 1. The third-order valence-electron chi connectivity index (χ3n) is 2.56. The first-order valence-corrected chi connectivity index (χ1v) is 5.59. The Morgan fingerprint density at radius 2 is 2.30 bits per heavy atom. The number of non-ortho nitro benzene ring substituents is 1. The van der Waals surface area contributed by atoms with Crippen molar-refractivity contribution in [3.8, 4) is 5.75 Å². The highest BCUT2D eigenvalue weighted by Gasteiger charge is 2.17. The Morgan fingerprint density at radius 3 is 2.85 bits per heavy atom. The fraction of sp³-hybridized carbons (Fsp3) is 0.167. The van der Waals surface area contributed by atoms with Crippen LogP contribution < -0.4 is 4.74 Å². The Balaban J connectivity index is 2.22. The van der Waals surface area contributed by atoms with Gasteiger partial charge in [-0.05, 0) is 6.07 Å². The molecule has 1 aromatic carbocycles. The molecule has 2 rings (SSSR count). The molecule has 0 aliphatic carbocycles. The van der Waals surface area contributed by atoms with Gasteiger partial charge < -0.3 is 9.84 Å². The smallest absolute Gasteiger partial charge is 0.339 e. The fourth-order valence-corrected chi connectivity index (χ4v) is 1.63. The molecule has 0 fully saturated rings. The average Bonchev–Trinajstić information content (AvgIpc) is 2.81. The lowest BCUT2D eigenvalue weighted by atomic mass is 10.2. The Morgan fingerprint density at radius 1 is 1.55 bits per heavy atom. The number of hydrogen-bond donors (Lipinski definition) is 1. The fourth-order valence-electron chi connectivity index (χ4n) is 1.63. The Bertz CT molecular complexity index is 665. The zero-order valence-corrected chi connectivity index (χ0v) is 10.5. The van der Waals surface area contributed by atoms with E-state index in [2.05, 4.69) is 5.10 Å². The number of carbonyl (C=O) groups is 1. The Kier molecular flexibility index (Phi) is 3.65. The van der Waals surface area contributed by atoms with Gasteiger partial charge in [-0.15, -0.1) is 0 Å². The van der Waals surface area contributed by atoms with Crippen molar-refractivity contribution in [3.63, 3.8) is 0 Å². The van der Waals surface area contributed by atoms with E-state index in [1.165, 1.54) is 12.1 Å². The number of nitrogens with zero attached hydrogens (tertiary/aromatic N) is 3. The van der Waals surface area contributed by atoms with Gasteiger partial charge in [0.1, 0.15) is 17.9 Å². The van der Waals surface area contributed by atoms with E-state index in [-0.39, 0.29) is 23.6 Å². The van der Waals surface area contributed by atoms with Crippen molar-refractivity contribution in [2.75, 3.05) is 0 Å². The van der Waals surface area contributed by atoms with Crippen molar-refractivity contribution in [3.05, 3.63) is 51.8 Å². The molecule has 0 atom stereocenters. The van der Waals surface area contributed by atoms with Gasteiger partial charge >= 0.3 is 5.97 Å². The summed E-state index contributed by atoms with van der Waals surface area (Å²) in [6, 6.07) is 3.45. The highest BCUT2D eigenvalue weighted by Crippen LogP contribution is 2.25. The maximum absolute atomic E-state index is 11.1. The highest BCUT2D eigenvalue weighted by molar-refractivity contribution is 5.91. The van der Waals surface area contributed by atoms with Crippen LogP contribution in [-0.4, -0.2) is 25.8 Å². The van der Waals surface area contributed by atoms with Crippen molar-refractivity contribution < 1.29 is 19.6 Å². The first-order valence-electron chi connectivity index (χ1n) is 5.59. The molecule has 0 bridgehead atoms. The van der Waals surface area contributed by atoms with Gasteiger partial charge in [-0.2, -0.15) is 5.10 Å². The van der Waals surface area contributed by atoms with E-state index in [0.717, 1.165) is 11.6 Å². The van der Waals surface area contributed by atoms with Crippen LogP contribution in [0.1, 0.15) is 15.9 Å². The van der Waals surface area contributed by atoms with Gasteiger partial charge in [0.2, 0.25) is 0 Å². The molecular weight excluding hydrogens is 266 g/mol. The minimum absolute atomic E-state index is 0.0759. The van der Waals surface area contributed by atoms with E-state index in [1.807, 2.05) is 0 Å². The minimum Gasteiger partial charge on any atom is -0.488 e. The molecule has 0 aliphatic heterocycles. The van der Waals surface area contributed by atoms with Crippen LogP contribution in [0.2, 0.25) is 0 Å².